The summed E-state index contributed by atoms with van der Waals surface area (Å²) in [5, 5.41) is 6.33. The molecule has 0 saturated heterocycles. The molecule has 4 nitrogen and oxygen atoms in total. The number of carbonyl (C=O) groups is 1. The molecule has 4 heteroatoms. The van der Waals surface area contributed by atoms with Crippen LogP contribution in [0.15, 0.2) is 12.1 Å². The first-order chi connectivity index (χ1) is 10.1. The molecule has 1 fully saturated rings. The molecule has 21 heavy (non-hydrogen) atoms. The van der Waals surface area contributed by atoms with E-state index in [0.717, 1.165) is 49.2 Å². The van der Waals surface area contributed by atoms with Crippen molar-refractivity contribution >= 4 is 5.91 Å². The van der Waals surface area contributed by atoms with E-state index < -0.39 is 0 Å². The number of amides is 1. The third kappa shape index (κ3) is 5.05. The number of hydrogen-bond acceptors (Lipinski definition) is 3. The molecule has 1 saturated carbocycles. The third-order valence-corrected chi connectivity index (χ3v) is 3.57. The number of carbonyl (C=O) groups excluding carboxylic acids is 1. The van der Waals surface area contributed by atoms with Gasteiger partial charge in [-0.05, 0) is 56.3 Å². The minimum Gasteiger partial charge on any atom is -0.483 e. The van der Waals surface area contributed by atoms with E-state index in [2.05, 4.69) is 29.7 Å². The van der Waals surface area contributed by atoms with Gasteiger partial charge >= 0.3 is 0 Å². The number of aryl methyl sites for hydroxylation is 2. The molecule has 116 valence electrons. The number of ether oxygens (including phenoxy) is 1. The standard InChI is InChI=1S/C17H26N2O2/c1-4-7-18-10-14-8-12(2)17(13(3)9-14)21-11-16(20)19-15-5-6-15/h8-9,15,18H,4-7,10-11H2,1-3H3,(H,19,20). The lowest BCUT2D eigenvalue weighted by Crippen LogP contribution is -2.30. The fourth-order valence-corrected chi connectivity index (χ4v) is 2.41. The predicted molar refractivity (Wildman–Crippen MR) is 84.6 cm³/mol. The summed E-state index contributed by atoms with van der Waals surface area (Å²) in [7, 11) is 0. The van der Waals surface area contributed by atoms with Gasteiger partial charge < -0.3 is 15.4 Å². The zero-order valence-electron chi connectivity index (χ0n) is 13.3. The Hall–Kier alpha value is -1.55. The maximum atomic E-state index is 11.7. The van der Waals surface area contributed by atoms with E-state index in [0.29, 0.717) is 6.04 Å². The van der Waals surface area contributed by atoms with Crippen molar-refractivity contribution in [3.63, 3.8) is 0 Å². The quantitative estimate of drug-likeness (QED) is 0.723. The minimum absolute atomic E-state index is 0.0232. The van der Waals surface area contributed by atoms with Crippen molar-refractivity contribution in [1.29, 1.82) is 0 Å². The fourth-order valence-electron chi connectivity index (χ4n) is 2.41. The highest BCUT2D eigenvalue weighted by atomic mass is 16.5. The van der Waals surface area contributed by atoms with E-state index in [1.54, 1.807) is 0 Å². The number of nitrogens with one attached hydrogen (secondary N) is 2. The second-order valence-electron chi connectivity index (χ2n) is 5.87. The lowest BCUT2D eigenvalue weighted by molar-refractivity contribution is -0.123. The Bertz CT molecular complexity index is 473. The SMILES string of the molecule is CCCNCc1cc(C)c(OCC(=O)NC2CC2)c(C)c1. The Labute approximate surface area is 127 Å². The number of hydrogen-bond donors (Lipinski definition) is 2. The molecule has 1 aromatic carbocycles. The van der Waals surface area contributed by atoms with Crippen molar-refractivity contribution in [3.8, 4) is 5.75 Å². The van der Waals surface area contributed by atoms with Crippen LogP contribution in [0.4, 0.5) is 0 Å². The normalized spacial score (nSPS) is 14.0. The molecule has 0 atom stereocenters. The van der Waals surface area contributed by atoms with Crippen molar-refractivity contribution in [1.82, 2.24) is 10.6 Å². The summed E-state index contributed by atoms with van der Waals surface area (Å²) in [5.41, 5.74) is 3.43. The van der Waals surface area contributed by atoms with Crippen molar-refractivity contribution < 1.29 is 9.53 Å². The average molecular weight is 290 g/mol. The first-order valence-electron chi connectivity index (χ1n) is 7.83. The number of rotatable bonds is 8. The molecule has 0 aromatic heterocycles. The Kier molecular flexibility index (Phi) is 5.62. The molecule has 0 bridgehead atoms. The van der Waals surface area contributed by atoms with Crippen molar-refractivity contribution in [2.75, 3.05) is 13.2 Å². The molecule has 0 unspecified atom stereocenters. The maximum Gasteiger partial charge on any atom is 0.258 e. The molecule has 2 rings (SSSR count). The molecule has 1 aliphatic rings. The van der Waals surface area contributed by atoms with Crippen LogP contribution in [0.2, 0.25) is 0 Å². The smallest absolute Gasteiger partial charge is 0.258 e. The number of benzene rings is 1. The van der Waals surface area contributed by atoms with E-state index in [-0.39, 0.29) is 12.5 Å². The molecular weight excluding hydrogens is 264 g/mol. The van der Waals surface area contributed by atoms with E-state index >= 15 is 0 Å². The van der Waals surface area contributed by atoms with Gasteiger partial charge in [0.1, 0.15) is 5.75 Å². The first kappa shape index (κ1) is 15.8. The average Bonchev–Trinajstić information content (AvgIpc) is 3.22. The van der Waals surface area contributed by atoms with Gasteiger partial charge in [0, 0.05) is 12.6 Å². The highest BCUT2D eigenvalue weighted by molar-refractivity contribution is 5.78. The Morgan fingerprint density at radius 2 is 1.95 bits per heavy atom. The lowest BCUT2D eigenvalue weighted by atomic mass is 10.1. The van der Waals surface area contributed by atoms with E-state index in [9.17, 15) is 4.79 Å². The molecule has 1 amide bonds. The van der Waals surface area contributed by atoms with Gasteiger partial charge in [-0.15, -0.1) is 0 Å². The summed E-state index contributed by atoms with van der Waals surface area (Å²) in [5.74, 6) is 0.810. The summed E-state index contributed by atoms with van der Waals surface area (Å²) in [6.45, 7) is 8.23. The monoisotopic (exact) mass is 290 g/mol. The van der Waals surface area contributed by atoms with Crippen molar-refractivity contribution in [2.24, 2.45) is 0 Å². The molecule has 0 heterocycles. The van der Waals surface area contributed by atoms with Crippen LogP contribution in [-0.4, -0.2) is 25.1 Å². The van der Waals surface area contributed by atoms with Crippen LogP contribution in [0, 0.1) is 13.8 Å². The van der Waals surface area contributed by atoms with Crippen LogP contribution in [-0.2, 0) is 11.3 Å². The summed E-state index contributed by atoms with van der Waals surface area (Å²) in [6, 6.07) is 4.64. The Morgan fingerprint density at radius 1 is 1.29 bits per heavy atom. The zero-order valence-corrected chi connectivity index (χ0v) is 13.3. The summed E-state index contributed by atoms with van der Waals surface area (Å²) in [6.07, 6.45) is 3.34. The lowest BCUT2D eigenvalue weighted by Gasteiger charge is -2.14. The third-order valence-electron chi connectivity index (χ3n) is 3.57. The van der Waals surface area contributed by atoms with Crippen LogP contribution in [0.5, 0.6) is 5.75 Å². The molecule has 0 aliphatic heterocycles. The van der Waals surface area contributed by atoms with Gasteiger partial charge in [-0.1, -0.05) is 19.1 Å². The minimum atomic E-state index is -0.0232. The highest BCUT2D eigenvalue weighted by Crippen LogP contribution is 2.25. The summed E-state index contributed by atoms with van der Waals surface area (Å²) >= 11 is 0. The summed E-state index contributed by atoms with van der Waals surface area (Å²) < 4.78 is 5.71. The Morgan fingerprint density at radius 3 is 2.52 bits per heavy atom. The van der Waals surface area contributed by atoms with Gasteiger partial charge in [0.25, 0.3) is 5.91 Å². The largest absolute Gasteiger partial charge is 0.483 e. The van der Waals surface area contributed by atoms with Crippen molar-refractivity contribution in [3.05, 3.63) is 28.8 Å². The van der Waals surface area contributed by atoms with Gasteiger partial charge in [0.15, 0.2) is 6.61 Å². The second-order valence-corrected chi connectivity index (χ2v) is 5.87. The molecular formula is C17H26N2O2. The van der Waals surface area contributed by atoms with E-state index in [1.165, 1.54) is 5.56 Å². The molecule has 0 radical (unpaired) electrons. The van der Waals surface area contributed by atoms with Crippen LogP contribution in [0.25, 0.3) is 0 Å². The van der Waals surface area contributed by atoms with Crippen LogP contribution in [0.1, 0.15) is 42.9 Å². The van der Waals surface area contributed by atoms with Crippen LogP contribution < -0.4 is 15.4 Å². The van der Waals surface area contributed by atoms with Gasteiger partial charge in [0.2, 0.25) is 0 Å². The van der Waals surface area contributed by atoms with Crippen LogP contribution in [0.3, 0.4) is 0 Å². The highest BCUT2D eigenvalue weighted by Gasteiger charge is 2.23. The van der Waals surface area contributed by atoms with Gasteiger partial charge in [-0.3, -0.25) is 4.79 Å². The maximum absolute atomic E-state index is 11.7. The van der Waals surface area contributed by atoms with E-state index in [4.69, 9.17) is 4.74 Å². The Balaban J connectivity index is 1.90. The topological polar surface area (TPSA) is 50.4 Å². The first-order valence-corrected chi connectivity index (χ1v) is 7.83. The van der Waals surface area contributed by atoms with Gasteiger partial charge in [-0.2, -0.15) is 0 Å². The predicted octanol–water partition coefficient (Wildman–Crippen LogP) is 2.46. The van der Waals surface area contributed by atoms with Crippen LogP contribution >= 0.6 is 0 Å². The molecule has 2 N–H and O–H groups in total. The van der Waals surface area contributed by atoms with E-state index in [1.807, 2.05) is 13.8 Å². The van der Waals surface area contributed by atoms with Gasteiger partial charge in [0.05, 0.1) is 0 Å². The summed E-state index contributed by atoms with van der Waals surface area (Å²) in [4.78, 5) is 11.7. The molecule has 0 spiro atoms. The fraction of sp³-hybridized carbons (Fsp3) is 0.588. The second kappa shape index (κ2) is 7.46. The molecule has 1 aromatic rings. The zero-order chi connectivity index (χ0) is 15.2. The molecule has 1 aliphatic carbocycles. The van der Waals surface area contributed by atoms with Crippen molar-refractivity contribution in [2.45, 2.75) is 52.6 Å². The van der Waals surface area contributed by atoms with Gasteiger partial charge in [-0.25, -0.2) is 0 Å².